The maximum atomic E-state index is 12.9. The van der Waals surface area contributed by atoms with Crippen LogP contribution in [0.1, 0.15) is 30.6 Å². The highest BCUT2D eigenvalue weighted by Gasteiger charge is 2.22. The van der Waals surface area contributed by atoms with Gasteiger partial charge in [-0.05, 0) is 30.5 Å². The minimum atomic E-state index is -4.03. The number of fused-ring (bicyclic) bond motifs is 4. The largest absolute Gasteiger partial charge is 0.475 e. The zero-order valence-electron chi connectivity index (χ0n) is 17.0. The number of carbonyl (C=O) groups excluding carboxylic acids is 1. The van der Waals surface area contributed by atoms with Gasteiger partial charge in [-0.3, -0.25) is 9.89 Å². The molecule has 2 aromatic heterocycles. The van der Waals surface area contributed by atoms with Crippen molar-refractivity contribution < 1.29 is 17.9 Å². The minimum absolute atomic E-state index is 0.0698. The van der Waals surface area contributed by atoms with E-state index in [1.165, 1.54) is 18.2 Å². The summed E-state index contributed by atoms with van der Waals surface area (Å²) in [4.78, 5) is 21.2. The highest BCUT2D eigenvalue weighted by molar-refractivity contribution is 7.92. The van der Waals surface area contributed by atoms with Gasteiger partial charge in [0.1, 0.15) is 6.61 Å². The second kappa shape index (κ2) is 8.34. The quantitative estimate of drug-likeness (QED) is 0.565. The Morgan fingerprint density at radius 1 is 1.19 bits per heavy atom. The van der Waals surface area contributed by atoms with Crippen LogP contribution < -0.4 is 14.8 Å². The molecular weight excluding hydrogens is 420 g/mol. The molecule has 1 amide bonds. The van der Waals surface area contributed by atoms with E-state index in [0.717, 1.165) is 0 Å². The molecule has 1 atom stereocenters. The number of rotatable bonds is 3. The first-order chi connectivity index (χ1) is 14.8. The number of anilines is 1. The molecule has 0 saturated heterocycles. The molecule has 0 spiro atoms. The summed E-state index contributed by atoms with van der Waals surface area (Å²) >= 11 is 0. The summed E-state index contributed by atoms with van der Waals surface area (Å²) in [6.07, 6.45) is 3.86. The number of benzene rings is 1. The molecule has 3 heterocycles. The molecule has 31 heavy (non-hydrogen) atoms. The Morgan fingerprint density at radius 3 is 2.77 bits per heavy atom. The summed E-state index contributed by atoms with van der Waals surface area (Å²) in [6.45, 7) is 4.26. The highest BCUT2D eigenvalue weighted by Crippen LogP contribution is 2.24. The van der Waals surface area contributed by atoms with Crippen LogP contribution in [0.2, 0.25) is 0 Å². The van der Waals surface area contributed by atoms with Crippen molar-refractivity contribution in [1.82, 2.24) is 25.5 Å². The number of carbonyl (C=O) groups is 1. The molecule has 0 radical (unpaired) electrons. The number of sulfonamides is 1. The molecule has 4 bridgehead atoms. The van der Waals surface area contributed by atoms with E-state index in [1.54, 1.807) is 24.5 Å². The van der Waals surface area contributed by atoms with Gasteiger partial charge < -0.3 is 10.1 Å². The number of H-pyrrole nitrogens is 1. The van der Waals surface area contributed by atoms with E-state index in [0.29, 0.717) is 23.6 Å². The lowest BCUT2D eigenvalue weighted by atomic mass is 10.0. The number of hydrogen-bond donors (Lipinski definition) is 3. The highest BCUT2D eigenvalue weighted by atomic mass is 32.2. The van der Waals surface area contributed by atoms with Crippen LogP contribution in [0.5, 0.6) is 5.88 Å². The fourth-order valence-electron chi connectivity index (χ4n) is 3.26. The summed E-state index contributed by atoms with van der Waals surface area (Å²) in [6, 6.07) is 7.11. The Kier molecular flexibility index (Phi) is 5.59. The predicted molar refractivity (Wildman–Crippen MR) is 113 cm³/mol. The van der Waals surface area contributed by atoms with Crippen LogP contribution in [0, 0.1) is 5.92 Å². The Labute approximate surface area is 179 Å². The van der Waals surface area contributed by atoms with Crippen LogP contribution in [0.25, 0.3) is 11.3 Å². The zero-order valence-corrected chi connectivity index (χ0v) is 17.8. The van der Waals surface area contributed by atoms with Gasteiger partial charge >= 0.3 is 0 Å². The lowest BCUT2D eigenvalue weighted by molar-refractivity contribution is 0.0913. The molecule has 11 heteroatoms. The van der Waals surface area contributed by atoms with Gasteiger partial charge in [-0.25, -0.2) is 18.1 Å². The number of ether oxygens (including phenoxy) is 1. The third kappa shape index (κ3) is 4.82. The molecule has 0 unspecified atom stereocenters. The summed E-state index contributed by atoms with van der Waals surface area (Å²) in [5.74, 6) is -0.0289. The molecule has 4 rings (SSSR count). The van der Waals surface area contributed by atoms with Crippen molar-refractivity contribution >= 4 is 21.9 Å². The first kappa shape index (κ1) is 20.8. The monoisotopic (exact) mass is 442 g/mol. The first-order valence-electron chi connectivity index (χ1n) is 9.75. The van der Waals surface area contributed by atoms with E-state index >= 15 is 0 Å². The van der Waals surface area contributed by atoms with Crippen LogP contribution in [-0.4, -0.2) is 47.1 Å². The number of nitrogens with zero attached hydrogens (tertiary/aromatic N) is 3. The van der Waals surface area contributed by atoms with Crippen LogP contribution >= 0.6 is 0 Å². The molecule has 0 saturated carbocycles. The molecule has 1 aromatic carbocycles. The zero-order chi connectivity index (χ0) is 22.0. The SMILES string of the molecule is CC(C)C[C@@H]1COc2cc(-c3cn[nH]c3)nc(n2)NS(=O)(=O)c2cccc(c2)C(=O)N1. The number of amides is 1. The summed E-state index contributed by atoms with van der Waals surface area (Å²) < 4.78 is 34.0. The smallest absolute Gasteiger partial charge is 0.264 e. The van der Waals surface area contributed by atoms with Crippen LogP contribution in [0.4, 0.5) is 5.95 Å². The third-order valence-corrected chi connectivity index (χ3v) is 5.98. The van der Waals surface area contributed by atoms with Crippen molar-refractivity contribution in [2.24, 2.45) is 5.92 Å². The van der Waals surface area contributed by atoms with Gasteiger partial charge in [0.05, 0.1) is 22.8 Å². The molecule has 1 aliphatic heterocycles. The Hall–Kier alpha value is -3.47. The molecule has 10 nitrogen and oxygen atoms in total. The van der Waals surface area contributed by atoms with Crippen molar-refractivity contribution in [3.63, 3.8) is 0 Å². The van der Waals surface area contributed by atoms with Gasteiger partial charge in [0.15, 0.2) is 0 Å². The van der Waals surface area contributed by atoms with Gasteiger partial charge in [0, 0.05) is 23.4 Å². The Bertz CT molecular complexity index is 1190. The van der Waals surface area contributed by atoms with Crippen molar-refractivity contribution in [2.75, 3.05) is 11.3 Å². The van der Waals surface area contributed by atoms with Gasteiger partial charge in [-0.1, -0.05) is 19.9 Å². The fourth-order valence-corrected chi connectivity index (χ4v) is 4.25. The van der Waals surface area contributed by atoms with E-state index in [1.807, 2.05) is 13.8 Å². The van der Waals surface area contributed by atoms with Crippen molar-refractivity contribution in [3.8, 4) is 17.1 Å². The third-order valence-electron chi connectivity index (χ3n) is 4.65. The molecular formula is C20H22N6O4S. The number of aromatic nitrogens is 4. The maximum Gasteiger partial charge on any atom is 0.264 e. The molecule has 162 valence electrons. The second-order valence-corrected chi connectivity index (χ2v) is 9.33. The lowest BCUT2D eigenvalue weighted by Crippen LogP contribution is -2.40. The number of hydrogen-bond acceptors (Lipinski definition) is 7. The Balaban J connectivity index is 1.81. The van der Waals surface area contributed by atoms with Crippen LogP contribution in [-0.2, 0) is 10.0 Å². The molecule has 1 aliphatic rings. The van der Waals surface area contributed by atoms with E-state index < -0.39 is 10.0 Å². The van der Waals surface area contributed by atoms with Gasteiger partial charge in [0.2, 0.25) is 11.8 Å². The maximum absolute atomic E-state index is 12.9. The van der Waals surface area contributed by atoms with E-state index in [9.17, 15) is 13.2 Å². The number of aromatic amines is 1. The number of nitrogens with one attached hydrogen (secondary N) is 3. The summed E-state index contributed by atoms with van der Waals surface area (Å²) in [7, 11) is -4.03. The van der Waals surface area contributed by atoms with E-state index in [-0.39, 0.29) is 40.8 Å². The first-order valence-corrected chi connectivity index (χ1v) is 11.2. The average molecular weight is 443 g/mol. The summed E-state index contributed by atoms with van der Waals surface area (Å²) in [5, 5.41) is 9.53. The predicted octanol–water partition coefficient (Wildman–Crippen LogP) is 2.20. The molecule has 0 aliphatic carbocycles. The summed E-state index contributed by atoms with van der Waals surface area (Å²) in [5.41, 5.74) is 1.32. The topological polar surface area (TPSA) is 139 Å². The lowest BCUT2D eigenvalue weighted by Gasteiger charge is -2.21. The van der Waals surface area contributed by atoms with Crippen molar-refractivity contribution in [3.05, 3.63) is 48.3 Å². The normalized spacial score (nSPS) is 18.0. The van der Waals surface area contributed by atoms with Crippen molar-refractivity contribution in [1.29, 1.82) is 0 Å². The second-order valence-electron chi connectivity index (χ2n) is 7.65. The van der Waals surface area contributed by atoms with Gasteiger partial charge in [-0.2, -0.15) is 10.1 Å². The molecule has 3 N–H and O–H groups in total. The molecule has 0 fully saturated rings. The average Bonchev–Trinajstić information content (AvgIpc) is 3.26. The van der Waals surface area contributed by atoms with Crippen LogP contribution in [0.3, 0.4) is 0 Å². The fraction of sp³-hybridized carbons (Fsp3) is 0.300. The van der Waals surface area contributed by atoms with Gasteiger partial charge in [0.25, 0.3) is 15.9 Å². The van der Waals surface area contributed by atoms with E-state index in [4.69, 9.17) is 4.74 Å². The minimum Gasteiger partial charge on any atom is -0.475 e. The van der Waals surface area contributed by atoms with Crippen LogP contribution in [0.15, 0.2) is 47.6 Å². The van der Waals surface area contributed by atoms with Gasteiger partial charge in [-0.15, -0.1) is 0 Å². The standard InChI is InChI=1S/C20H22N6O4S/c1-12(2)6-15-11-30-18-8-17(14-9-21-22-10-14)24-20(25-18)26-31(28,29)16-5-3-4-13(7-16)19(27)23-15/h3-5,7-10,12,15H,6,11H2,1-2H3,(H,21,22)(H,23,27)(H,24,25,26)/t15-/m1/s1. The molecule has 3 aromatic rings. The van der Waals surface area contributed by atoms with E-state index in [2.05, 4.69) is 30.2 Å². The Morgan fingerprint density at radius 2 is 2.03 bits per heavy atom. The van der Waals surface area contributed by atoms with Crippen molar-refractivity contribution in [2.45, 2.75) is 31.2 Å².